The number of benzene rings is 3. The molecule has 4 aromatic rings. The maximum atomic E-state index is 13.0. The van der Waals surface area contributed by atoms with Gasteiger partial charge in [-0.2, -0.15) is 0 Å². The number of carbonyl (C=O) groups excluding carboxylic acids is 3. The number of nitrogens with one attached hydrogen (secondary N) is 1. The van der Waals surface area contributed by atoms with Crippen molar-refractivity contribution in [2.75, 3.05) is 19.0 Å². The second kappa shape index (κ2) is 11.3. The van der Waals surface area contributed by atoms with Gasteiger partial charge in [-0.25, -0.2) is 4.98 Å². The molecule has 0 atom stereocenters. The van der Waals surface area contributed by atoms with E-state index in [1.54, 1.807) is 18.2 Å². The van der Waals surface area contributed by atoms with Crippen molar-refractivity contribution >= 4 is 57.0 Å². The van der Waals surface area contributed by atoms with E-state index >= 15 is 0 Å². The summed E-state index contributed by atoms with van der Waals surface area (Å²) in [5, 5.41) is 15.3. The molecule has 1 N–H and O–H groups in total. The molecule has 1 aliphatic heterocycles. The highest BCUT2D eigenvalue weighted by molar-refractivity contribution is 8.18. The number of carbonyl (C=O) groups is 3. The first kappa shape index (κ1) is 26.4. The number of amides is 3. The van der Waals surface area contributed by atoms with E-state index in [0.717, 1.165) is 15.7 Å². The van der Waals surface area contributed by atoms with E-state index in [1.165, 1.54) is 37.6 Å². The molecule has 200 valence electrons. The van der Waals surface area contributed by atoms with Gasteiger partial charge >= 0.3 is 5.69 Å². The van der Waals surface area contributed by atoms with Gasteiger partial charge in [0.25, 0.3) is 17.0 Å². The Morgan fingerprint density at radius 1 is 1.07 bits per heavy atom. The Morgan fingerprint density at radius 3 is 2.67 bits per heavy atom. The third-order valence-electron chi connectivity index (χ3n) is 5.88. The molecule has 2 heterocycles. The van der Waals surface area contributed by atoms with Crippen LogP contribution in [-0.4, -0.2) is 45.5 Å². The van der Waals surface area contributed by atoms with Gasteiger partial charge in [-0.05, 0) is 53.1 Å². The number of imide groups is 1. The van der Waals surface area contributed by atoms with Gasteiger partial charge in [0.05, 0.1) is 16.9 Å². The maximum absolute atomic E-state index is 13.0. The Hall–Kier alpha value is -5.23. The molecule has 1 saturated heterocycles. The van der Waals surface area contributed by atoms with Crippen molar-refractivity contribution in [1.82, 2.24) is 9.88 Å². The highest BCUT2D eigenvalue weighted by Gasteiger charge is 2.36. The van der Waals surface area contributed by atoms with Crippen molar-refractivity contribution in [2.24, 2.45) is 0 Å². The van der Waals surface area contributed by atoms with E-state index in [4.69, 9.17) is 9.47 Å². The van der Waals surface area contributed by atoms with Crippen LogP contribution < -0.4 is 14.8 Å². The van der Waals surface area contributed by atoms with Crippen LogP contribution in [0.15, 0.2) is 83.9 Å². The first-order valence-electron chi connectivity index (χ1n) is 11.8. The topological polar surface area (TPSA) is 141 Å². The number of methoxy groups -OCH3 is 1. The van der Waals surface area contributed by atoms with E-state index in [0.29, 0.717) is 23.0 Å². The van der Waals surface area contributed by atoms with Gasteiger partial charge in [-0.15, -0.1) is 0 Å². The van der Waals surface area contributed by atoms with Crippen molar-refractivity contribution in [2.45, 2.75) is 0 Å². The van der Waals surface area contributed by atoms with Crippen molar-refractivity contribution in [3.05, 3.63) is 99.6 Å². The van der Waals surface area contributed by atoms with Crippen LogP contribution >= 0.6 is 11.8 Å². The molecule has 0 saturated carbocycles. The maximum Gasteiger partial charge on any atom is 0.331 e. The number of hydrogen-bond donors (Lipinski definition) is 1. The summed E-state index contributed by atoms with van der Waals surface area (Å²) >= 11 is 0.714. The van der Waals surface area contributed by atoms with Crippen molar-refractivity contribution in [1.29, 1.82) is 0 Å². The van der Waals surface area contributed by atoms with Gasteiger partial charge in [-0.3, -0.25) is 29.4 Å². The highest BCUT2D eigenvalue weighted by atomic mass is 32.2. The number of nitrogens with zero attached hydrogens (tertiary/aromatic N) is 3. The van der Waals surface area contributed by atoms with E-state index in [1.807, 2.05) is 36.4 Å². The molecule has 12 heteroatoms. The molecule has 3 amide bonds. The summed E-state index contributed by atoms with van der Waals surface area (Å²) in [5.74, 6) is -0.929. The van der Waals surface area contributed by atoms with E-state index < -0.39 is 28.5 Å². The number of nitro groups is 1. The van der Waals surface area contributed by atoms with Crippen molar-refractivity contribution in [3.63, 3.8) is 0 Å². The average molecular weight is 557 g/mol. The van der Waals surface area contributed by atoms with Crippen LogP contribution in [0.3, 0.4) is 0 Å². The first-order valence-corrected chi connectivity index (χ1v) is 12.6. The van der Waals surface area contributed by atoms with Gasteiger partial charge in [0.1, 0.15) is 6.54 Å². The van der Waals surface area contributed by atoms with Crippen LogP contribution in [0.1, 0.15) is 5.56 Å². The quantitative estimate of drug-likeness (QED) is 0.166. The Balaban J connectivity index is 1.31. The van der Waals surface area contributed by atoms with Crippen LogP contribution in [-0.2, 0) is 9.59 Å². The standard InChI is InChI=1S/C28H20N4O7S/c1-38-23-14-17(11-12-22(23)39-26-21(32(36)37)10-5-13-29-26)15-24-27(34)31(28(35)40-24)16-25(33)30-20-9-4-7-18-6-2-3-8-19(18)20/h2-15H,16H2,1H3,(H,30,33)/b24-15-. The normalized spacial score (nSPS) is 14.0. The van der Waals surface area contributed by atoms with Crippen LogP contribution in [0, 0.1) is 10.1 Å². The van der Waals surface area contributed by atoms with Crippen LogP contribution in [0.25, 0.3) is 16.8 Å². The summed E-state index contributed by atoms with van der Waals surface area (Å²) in [6.45, 7) is -0.440. The Bertz CT molecular complexity index is 1700. The summed E-state index contributed by atoms with van der Waals surface area (Å²) in [6, 6.07) is 20.3. The zero-order valence-corrected chi connectivity index (χ0v) is 21.7. The lowest BCUT2D eigenvalue weighted by Gasteiger charge is -2.13. The second-order valence-corrected chi connectivity index (χ2v) is 9.43. The second-order valence-electron chi connectivity index (χ2n) is 8.44. The molecule has 40 heavy (non-hydrogen) atoms. The average Bonchev–Trinajstić information content (AvgIpc) is 3.21. The number of aromatic nitrogens is 1. The van der Waals surface area contributed by atoms with Crippen molar-refractivity contribution in [3.8, 4) is 17.4 Å². The van der Waals surface area contributed by atoms with Crippen LogP contribution in [0.5, 0.6) is 17.4 Å². The van der Waals surface area contributed by atoms with Gasteiger partial charge in [0, 0.05) is 23.3 Å². The molecular formula is C28H20N4O7S. The molecule has 0 radical (unpaired) electrons. The Kier molecular flexibility index (Phi) is 7.42. The largest absolute Gasteiger partial charge is 0.493 e. The minimum atomic E-state index is -0.610. The molecule has 1 fully saturated rings. The Labute approximate surface area is 231 Å². The Morgan fingerprint density at radius 2 is 1.88 bits per heavy atom. The molecule has 0 bridgehead atoms. The predicted octanol–water partition coefficient (Wildman–Crippen LogP) is 5.62. The summed E-state index contributed by atoms with van der Waals surface area (Å²) in [7, 11) is 1.39. The van der Waals surface area contributed by atoms with E-state index in [9.17, 15) is 24.5 Å². The summed E-state index contributed by atoms with van der Waals surface area (Å²) in [4.78, 5) is 53.9. The molecular weight excluding hydrogens is 536 g/mol. The predicted molar refractivity (Wildman–Crippen MR) is 149 cm³/mol. The van der Waals surface area contributed by atoms with Gasteiger partial charge in [0.2, 0.25) is 5.91 Å². The molecule has 1 aliphatic rings. The molecule has 3 aromatic carbocycles. The SMILES string of the molecule is COc1cc(/C=C2\SC(=O)N(CC(=O)Nc3cccc4ccccc34)C2=O)ccc1Oc1ncccc1[N+](=O)[O-]. The lowest BCUT2D eigenvalue weighted by atomic mass is 10.1. The summed E-state index contributed by atoms with van der Waals surface area (Å²) in [6.07, 6.45) is 2.85. The van der Waals surface area contributed by atoms with Gasteiger partial charge < -0.3 is 14.8 Å². The van der Waals surface area contributed by atoms with E-state index in [2.05, 4.69) is 10.3 Å². The third kappa shape index (κ3) is 5.47. The van der Waals surface area contributed by atoms with Crippen molar-refractivity contribution < 1.29 is 28.8 Å². The molecule has 11 nitrogen and oxygen atoms in total. The van der Waals surface area contributed by atoms with Gasteiger partial charge in [0.15, 0.2) is 11.5 Å². The fourth-order valence-corrected chi connectivity index (χ4v) is 4.86. The smallest absolute Gasteiger partial charge is 0.331 e. The molecule has 0 aliphatic carbocycles. The summed E-state index contributed by atoms with van der Waals surface area (Å²) < 4.78 is 11.0. The number of anilines is 1. The number of rotatable bonds is 8. The highest BCUT2D eigenvalue weighted by Crippen LogP contribution is 2.37. The number of ether oxygens (including phenoxy) is 2. The number of fused-ring (bicyclic) bond motifs is 1. The number of thioether (sulfide) groups is 1. The zero-order valence-electron chi connectivity index (χ0n) is 20.9. The molecule has 1 aromatic heterocycles. The fraction of sp³-hybridized carbons (Fsp3) is 0.0714. The van der Waals surface area contributed by atoms with Crippen LogP contribution in [0.4, 0.5) is 16.2 Å². The minimum Gasteiger partial charge on any atom is -0.493 e. The zero-order chi connectivity index (χ0) is 28.2. The van der Waals surface area contributed by atoms with Gasteiger partial charge in [-0.1, -0.05) is 42.5 Å². The number of pyridine rings is 1. The lowest BCUT2D eigenvalue weighted by Crippen LogP contribution is -2.36. The summed E-state index contributed by atoms with van der Waals surface area (Å²) in [5.41, 5.74) is 0.772. The first-order chi connectivity index (χ1) is 19.3. The fourth-order valence-electron chi connectivity index (χ4n) is 4.02. The van der Waals surface area contributed by atoms with E-state index in [-0.39, 0.29) is 28.0 Å². The molecule has 0 spiro atoms. The third-order valence-corrected chi connectivity index (χ3v) is 6.79. The molecule has 5 rings (SSSR count). The minimum absolute atomic E-state index is 0.124. The van der Waals surface area contributed by atoms with Crippen LogP contribution in [0.2, 0.25) is 0 Å². The molecule has 0 unspecified atom stereocenters. The number of hydrogen-bond acceptors (Lipinski definition) is 9. The monoisotopic (exact) mass is 556 g/mol. The lowest BCUT2D eigenvalue weighted by molar-refractivity contribution is -0.386.